The van der Waals surface area contributed by atoms with Crippen LogP contribution < -0.4 is 14.2 Å². The Morgan fingerprint density at radius 3 is 2.30 bits per heavy atom. The van der Waals surface area contributed by atoms with E-state index in [1.165, 1.54) is 44.8 Å². The van der Waals surface area contributed by atoms with Gasteiger partial charge < -0.3 is 14.6 Å². The van der Waals surface area contributed by atoms with Gasteiger partial charge in [-0.1, -0.05) is 35.3 Å². The lowest BCUT2D eigenvalue weighted by molar-refractivity contribution is -0.904. The quantitative estimate of drug-likeness (QED) is 0.204. The molecule has 0 aliphatic rings. The number of benzene rings is 2. The summed E-state index contributed by atoms with van der Waals surface area (Å²) in [5.41, 5.74) is 0.268. The van der Waals surface area contributed by atoms with Crippen LogP contribution in [0.1, 0.15) is 33.0 Å². The van der Waals surface area contributed by atoms with Gasteiger partial charge in [0, 0.05) is 22.3 Å². The SMILES string of the molecule is COc1ccc([C@H](Cc2c(Cl)c[n+](O)cc2Cl)c2c(C(=O)O)cccc2[N+](=O)[O-])cc1OC. The molecule has 2 N–H and O–H groups in total. The minimum absolute atomic E-state index is 0.000870. The van der Waals surface area contributed by atoms with Crippen molar-refractivity contribution in [1.29, 1.82) is 0 Å². The normalized spacial score (nSPS) is 11.6. The Morgan fingerprint density at radius 2 is 1.76 bits per heavy atom. The van der Waals surface area contributed by atoms with Crippen molar-refractivity contribution in [1.82, 2.24) is 0 Å². The van der Waals surface area contributed by atoms with Crippen molar-refractivity contribution in [3.8, 4) is 11.5 Å². The molecule has 0 unspecified atom stereocenters. The second kappa shape index (κ2) is 9.93. The summed E-state index contributed by atoms with van der Waals surface area (Å²) in [4.78, 5) is 23.3. The van der Waals surface area contributed by atoms with E-state index in [-0.39, 0.29) is 33.3 Å². The highest BCUT2D eigenvalue weighted by Crippen LogP contribution is 2.41. The van der Waals surface area contributed by atoms with Crippen molar-refractivity contribution in [2.45, 2.75) is 12.3 Å². The second-order valence-corrected chi connectivity index (χ2v) is 7.80. The summed E-state index contributed by atoms with van der Waals surface area (Å²) in [5, 5.41) is 31.6. The second-order valence-electron chi connectivity index (χ2n) is 6.98. The zero-order valence-corrected chi connectivity index (χ0v) is 19.0. The van der Waals surface area contributed by atoms with Crippen LogP contribution in [0.3, 0.4) is 0 Å². The monoisotopic (exact) mass is 493 g/mol. The maximum Gasteiger partial charge on any atom is 0.336 e. The molecule has 1 heterocycles. The Kier molecular flexibility index (Phi) is 7.25. The first kappa shape index (κ1) is 24.1. The zero-order valence-electron chi connectivity index (χ0n) is 17.5. The number of aromatic nitrogens is 1. The molecular weight excluding hydrogens is 475 g/mol. The van der Waals surface area contributed by atoms with Gasteiger partial charge in [-0.2, -0.15) is 0 Å². The first-order valence-electron chi connectivity index (χ1n) is 9.48. The van der Waals surface area contributed by atoms with Gasteiger partial charge in [0.1, 0.15) is 10.0 Å². The molecule has 2 aromatic carbocycles. The number of aromatic carboxylic acids is 1. The third kappa shape index (κ3) is 4.94. The largest absolute Gasteiger partial charge is 0.493 e. The molecular formula is C22H19Cl2N2O7+. The molecule has 3 aromatic rings. The number of halogens is 2. The van der Waals surface area contributed by atoms with Gasteiger partial charge in [-0.3, -0.25) is 15.3 Å². The van der Waals surface area contributed by atoms with Gasteiger partial charge in [-0.05, 0) is 30.2 Å². The summed E-state index contributed by atoms with van der Waals surface area (Å²) < 4.78 is 11.3. The molecule has 3 rings (SSSR count). The molecule has 0 aliphatic carbocycles. The van der Waals surface area contributed by atoms with Gasteiger partial charge >= 0.3 is 5.97 Å². The van der Waals surface area contributed by atoms with E-state index in [1.807, 2.05) is 0 Å². The van der Waals surface area contributed by atoms with E-state index in [2.05, 4.69) is 0 Å². The number of nitrogens with zero attached hydrogens (tertiary/aromatic N) is 2. The van der Waals surface area contributed by atoms with Crippen molar-refractivity contribution in [2.75, 3.05) is 14.2 Å². The molecule has 1 aromatic heterocycles. The van der Waals surface area contributed by atoms with Gasteiger partial charge in [0.25, 0.3) is 5.69 Å². The average molecular weight is 494 g/mol. The summed E-state index contributed by atoms with van der Waals surface area (Å²) >= 11 is 12.6. The first-order valence-corrected chi connectivity index (χ1v) is 10.2. The highest BCUT2D eigenvalue weighted by atomic mass is 35.5. The van der Waals surface area contributed by atoms with Crippen molar-refractivity contribution >= 4 is 34.9 Å². The summed E-state index contributed by atoms with van der Waals surface area (Å²) in [5.74, 6) is -1.40. The van der Waals surface area contributed by atoms with E-state index in [1.54, 1.807) is 18.2 Å². The molecule has 0 saturated heterocycles. The van der Waals surface area contributed by atoms with E-state index >= 15 is 0 Å². The third-order valence-electron chi connectivity index (χ3n) is 5.14. The van der Waals surface area contributed by atoms with Gasteiger partial charge in [-0.15, -0.1) is 0 Å². The highest BCUT2D eigenvalue weighted by Gasteiger charge is 2.32. The maximum atomic E-state index is 12.0. The van der Waals surface area contributed by atoms with Gasteiger partial charge in [-0.25, -0.2) is 4.79 Å². The molecule has 1 atom stereocenters. The number of rotatable bonds is 8. The Hall–Kier alpha value is -3.56. The van der Waals surface area contributed by atoms with Gasteiger partial charge in [0.15, 0.2) is 11.5 Å². The van der Waals surface area contributed by atoms with Gasteiger partial charge in [0.2, 0.25) is 12.4 Å². The number of ether oxygens (including phenoxy) is 2. The predicted octanol–water partition coefficient (Wildman–Crippen LogP) is 4.52. The topological polar surface area (TPSA) is 123 Å². The van der Waals surface area contributed by atoms with Crippen LogP contribution in [0.2, 0.25) is 10.0 Å². The number of methoxy groups -OCH3 is 2. The van der Waals surface area contributed by atoms with Crippen molar-refractivity contribution in [3.05, 3.63) is 91.2 Å². The molecule has 172 valence electrons. The number of nitro groups is 1. The number of carboxylic acid groups (broad SMARTS) is 1. The minimum Gasteiger partial charge on any atom is -0.493 e. The Labute approximate surface area is 198 Å². The lowest BCUT2D eigenvalue weighted by Gasteiger charge is -2.22. The molecule has 11 heteroatoms. The van der Waals surface area contributed by atoms with Crippen LogP contribution in [0.15, 0.2) is 48.8 Å². The number of nitro benzene ring substituents is 1. The summed E-state index contributed by atoms with van der Waals surface area (Å²) in [6.07, 6.45) is 2.43. The summed E-state index contributed by atoms with van der Waals surface area (Å²) in [6, 6.07) is 8.74. The fourth-order valence-corrected chi connectivity index (χ4v) is 4.27. The van der Waals surface area contributed by atoms with E-state index in [9.17, 15) is 25.2 Å². The summed E-state index contributed by atoms with van der Waals surface area (Å²) in [6.45, 7) is 0. The van der Waals surface area contributed by atoms with Crippen LogP contribution >= 0.6 is 23.2 Å². The van der Waals surface area contributed by atoms with Gasteiger partial charge in [0.05, 0.1) is 30.3 Å². The standard InChI is InChI=1S/C22H18Cl2N2O7/c1-32-19-7-6-12(8-20(19)33-2)14(9-15-16(23)10-25(29)11-17(15)24)21-13(22(27)28)4-3-5-18(21)26(30)31/h3-8,10-11,14H,9H2,1-2H3,(H-,27,28,29)/p+1/t14-/m0/s1. The maximum absolute atomic E-state index is 12.0. The van der Waals surface area contributed by atoms with Crippen LogP contribution in [0.25, 0.3) is 0 Å². The average Bonchev–Trinajstić information content (AvgIpc) is 2.77. The number of carboxylic acids is 1. The smallest absolute Gasteiger partial charge is 0.336 e. The fourth-order valence-electron chi connectivity index (χ4n) is 3.66. The fraction of sp³-hybridized carbons (Fsp3) is 0.182. The van der Waals surface area contributed by atoms with E-state index in [4.69, 9.17) is 32.7 Å². The van der Waals surface area contributed by atoms with Crippen LogP contribution in [-0.2, 0) is 6.42 Å². The lowest BCUT2D eigenvalue weighted by atomic mass is 9.82. The Bertz CT molecular complexity index is 1180. The molecule has 0 aliphatic heterocycles. The van der Waals surface area contributed by atoms with Crippen LogP contribution in [-0.4, -0.2) is 35.4 Å². The molecule has 0 amide bonds. The molecule has 0 radical (unpaired) electrons. The van der Waals surface area contributed by atoms with E-state index in [0.29, 0.717) is 27.4 Å². The van der Waals surface area contributed by atoms with E-state index < -0.39 is 16.8 Å². The number of hydrogen-bond acceptors (Lipinski definition) is 6. The molecule has 33 heavy (non-hydrogen) atoms. The number of hydrogen-bond donors (Lipinski definition) is 2. The van der Waals surface area contributed by atoms with Crippen LogP contribution in [0, 0.1) is 10.1 Å². The van der Waals surface area contributed by atoms with Crippen LogP contribution in [0.5, 0.6) is 11.5 Å². The summed E-state index contributed by atoms with van der Waals surface area (Å²) in [7, 11) is 2.91. The van der Waals surface area contributed by atoms with E-state index in [0.717, 1.165) is 0 Å². The van der Waals surface area contributed by atoms with Crippen molar-refractivity contribution in [2.24, 2.45) is 0 Å². The minimum atomic E-state index is -1.32. The van der Waals surface area contributed by atoms with Crippen molar-refractivity contribution in [3.63, 3.8) is 0 Å². The molecule has 0 bridgehead atoms. The van der Waals surface area contributed by atoms with Crippen molar-refractivity contribution < 1.29 is 34.2 Å². The molecule has 0 fully saturated rings. The first-order chi connectivity index (χ1) is 15.7. The molecule has 0 saturated carbocycles. The lowest BCUT2D eigenvalue weighted by Crippen LogP contribution is -2.29. The third-order valence-corrected chi connectivity index (χ3v) is 5.80. The number of carbonyl (C=O) groups is 1. The van der Waals surface area contributed by atoms with Crippen LogP contribution in [0.4, 0.5) is 5.69 Å². The predicted molar refractivity (Wildman–Crippen MR) is 119 cm³/mol. The molecule has 9 nitrogen and oxygen atoms in total. The Balaban J connectivity index is 2.33. The highest BCUT2D eigenvalue weighted by molar-refractivity contribution is 6.35. The number of pyridine rings is 1. The molecule has 0 spiro atoms. The Morgan fingerprint density at radius 1 is 1.12 bits per heavy atom. The zero-order chi connectivity index (χ0) is 24.3.